The van der Waals surface area contributed by atoms with E-state index in [0.29, 0.717) is 45.5 Å². The smallest absolute Gasteiger partial charge is 0.326 e. The number of aromatic amines is 4. The number of hydrogen-bond donors (Lipinski definition) is 24. The largest absolute Gasteiger partial charge is 0.481 e. The number of nitrogens with zero attached hydrogens (tertiary/aromatic N) is 12. The molecule has 4 amide bonds. The molecule has 130 heavy (non-hydrogen) atoms. The van der Waals surface area contributed by atoms with E-state index in [-0.39, 0.29) is 205 Å². The Bertz CT molecular complexity index is 5690. The Morgan fingerprint density at radius 2 is 0.469 bits per heavy atom. The Kier molecular flexibility index (Phi) is 36.3. The van der Waals surface area contributed by atoms with E-state index in [4.69, 9.17) is 63.8 Å². The van der Waals surface area contributed by atoms with E-state index in [2.05, 4.69) is 122 Å². The van der Waals surface area contributed by atoms with E-state index >= 15 is 0 Å². The molecule has 0 fully saturated rings. The van der Waals surface area contributed by atoms with E-state index in [1.54, 1.807) is 48.5 Å². The molecular formula is C76H76CuN28O24Zn. The maximum Gasteiger partial charge on any atom is 0.326 e. The molecule has 0 unspecified atom stereocenters. The number of aromatic nitrogens is 16. The summed E-state index contributed by atoms with van der Waals surface area (Å²) in [5, 5.41) is 92.8. The van der Waals surface area contributed by atoms with Crippen molar-refractivity contribution in [3.05, 3.63) is 208 Å². The van der Waals surface area contributed by atoms with Gasteiger partial charge in [0.15, 0.2) is 44.7 Å². The number of carbonyl (C=O) groups excluding carboxylic acids is 4. The fourth-order valence-corrected chi connectivity index (χ4v) is 11.0. The number of aliphatic carboxylic acids is 8. The Morgan fingerprint density at radius 3 is 0.631 bits per heavy atom. The Labute approximate surface area is 748 Å². The number of nitrogens with two attached hydrogens (primary N) is 4. The van der Waals surface area contributed by atoms with Gasteiger partial charge in [0.2, 0.25) is 23.8 Å². The molecule has 4 atom stereocenters. The standard InChI is InChI=1S/4C19H19N7O6.Cu.Zn/c4*20-19-25-15-14(17(30)26-19)23-11(8-22-15)7-21-10-3-1-9(2-4-10)16(29)24-12(18(31)32)5-6-13(27)28;;/h4*1-4,8,12,21H,5-7H2,(H,24,29)(H,27,28)(H,31,32)(H3,20,22,25,26,30);;/t4*12-;;/m0000../s1. The molecule has 0 spiro atoms. The zero-order valence-electron chi connectivity index (χ0n) is 67.1. The van der Waals surface area contributed by atoms with Crippen LogP contribution in [0.2, 0.25) is 0 Å². The molecule has 12 aromatic rings. The first-order valence-electron chi connectivity index (χ1n) is 37.3. The molecule has 0 bridgehead atoms. The number of H-pyrrole nitrogens is 4. The van der Waals surface area contributed by atoms with Crippen molar-refractivity contribution < 1.29 is 135 Å². The molecule has 12 rings (SSSR count). The number of nitrogen functional groups attached to an aromatic ring is 4. The van der Waals surface area contributed by atoms with Crippen molar-refractivity contribution in [3.8, 4) is 0 Å². The zero-order valence-corrected chi connectivity index (χ0v) is 71.0. The zero-order chi connectivity index (χ0) is 93.0. The van der Waals surface area contributed by atoms with E-state index < -0.39 is 118 Å². The summed E-state index contributed by atoms with van der Waals surface area (Å²) >= 11 is 0. The molecule has 4 aromatic carbocycles. The van der Waals surface area contributed by atoms with Crippen LogP contribution < -0.4 is 87.7 Å². The fraction of sp³-hybridized carbons (Fsp3) is 0.211. The van der Waals surface area contributed by atoms with Crippen LogP contribution in [0.25, 0.3) is 44.7 Å². The van der Waals surface area contributed by atoms with Crippen molar-refractivity contribution >= 4 is 163 Å². The van der Waals surface area contributed by atoms with Crippen LogP contribution in [0, 0.1) is 0 Å². The van der Waals surface area contributed by atoms with Gasteiger partial charge in [-0.15, -0.1) is 0 Å². The number of anilines is 8. The Hall–Kier alpha value is -17.1. The minimum absolute atomic E-state index is 0. The number of benzene rings is 4. The summed E-state index contributed by atoms with van der Waals surface area (Å²) in [6, 6.07) is 19.5. The van der Waals surface area contributed by atoms with Crippen molar-refractivity contribution in [1.29, 1.82) is 0 Å². The monoisotopic (exact) mass is 1890 g/mol. The van der Waals surface area contributed by atoms with Crippen LogP contribution in [0.1, 0.15) is 116 Å². The van der Waals surface area contributed by atoms with Gasteiger partial charge in [-0.05, 0) is 123 Å². The molecule has 0 aliphatic heterocycles. The third-order valence-corrected chi connectivity index (χ3v) is 17.4. The summed E-state index contributed by atoms with van der Waals surface area (Å²) in [6.07, 6.45) is 3.36. The minimum Gasteiger partial charge on any atom is -0.481 e. The Morgan fingerprint density at radius 1 is 0.292 bits per heavy atom. The number of hydrogen-bond acceptors (Lipinski definition) is 36. The number of carbonyl (C=O) groups is 12. The van der Waals surface area contributed by atoms with E-state index in [1.807, 2.05) is 0 Å². The van der Waals surface area contributed by atoms with Crippen LogP contribution in [0.15, 0.2) is 141 Å². The number of carboxylic acid groups (broad SMARTS) is 8. The summed E-state index contributed by atoms with van der Waals surface area (Å²) in [7, 11) is 0. The van der Waals surface area contributed by atoms with Gasteiger partial charge in [0.1, 0.15) is 24.2 Å². The maximum absolute atomic E-state index is 12.3. The summed E-state index contributed by atoms with van der Waals surface area (Å²) in [4.78, 5) is 242. The van der Waals surface area contributed by atoms with Crippen LogP contribution >= 0.6 is 0 Å². The first-order chi connectivity index (χ1) is 60.9. The van der Waals surface area contributed by atoms with Gasteiger partial charge in [0, 0.05) is 107 Å². The number of carboxylic acids is 8. The number of amides is 4. The van der Waals surface area contributed by atoms with Gasteiger partial charge in [-0.25, -0.2) is 59.0 Å². The van der Waals surface area contributed by atoms with Crippen LogP contribution in [0.5, 0.6) is 0 Å². The third kappa shape index (κ3) is 30.1. The van der Waals surface area contributed by atoms with Gasteiger partial charge in [-0.2, -0.15) is 19.9 Å². The van der Waals surface area contributed by atoms with Gasteiger partial charge >= 0.3 is 47.8 Å². The summed E-state index contributed by atoms with van der Waals surface area (Å²) in [6.45, 7) is 0.923. The molecule has 54 heteroatoms. The average Bonchev–Trinajstić information content (AvgIpc) is 0.819. The van der Waals surface area contributed by atoms with Crippen molar-refractivity contribution in [2.45, 2.75) is 102 Å². The summed E-state index contributed by atoms with van der Waals surface area (Å²) in [5.41, 5.74) is 25.9. The summed E-state index contributed by atoms with van der Waals surface area (Å²) < 4.78 is 0. The quantitative estimate of drug-likeness (QED) is 0.0226. The molecular weight excluding hydrogens is 1820 g/mol. The first kappa shape index (κ1) is 100. The van der Waals surface area contributed by atoms with Crippen LogP contribution in [-0.4, -0.2) is 216 Å². The predicted octanol–water partition coefficient (Wildman–Crippen LogP) is -0.184. The SMILES string of the molecule is Nc1nc2ncc(CNc3ccc(C(=O)N[C@@H](CCC(=O)O)C(=O)O)cc3)nc2c(=O)[nH]1.Nc1nc2ncc(CNc3ccc(C(=O)N[C@@H](CCC(=O)O)C(=O)O)cc3)nc2c(=O)[nH]1.Nc1nc2ncc(CNc3ccc(C(=O)N[C@@H](CCC(=O)O)C(=O)O)cc3)nc2c(=O)[nH]1.Nc1nc2ncc(CNc3ccc(C(=O)N[C@@H](CCC(=O)O)C(=O)O)cc3)nc2c(=O)[nH]1.[Cu].[Zn]. The molecule has 1 radical (unpaired) electrons. The molecule has 0 saturated heterocycles. The normalized spacial score (nSPS) is 11.4. The molecule has 52 nitrogen and oxygen atoms in total. The van der Waals surface area contributed by atoms with Crippen molar-refractivity contribution in [2.24, 2.45) is 0 Å². The second kappa shape index (κ2) is 47.2. The van der Waals surface area contributed by atoms with Gasteiger partial charge < -0.3 is 106 Å². The molecule has 0 aliphatic carbocycles. The van der Waals surface area contributed by atoms with Gasteiger partial charge in [0.05, 0.1) is 73.7 Å². The molecule has 677 valence electrons. The van der Waals surface area contributed by atoms with Crippen molar-refractivity contribution in [1.82, 2.24) is 101 Å². The maximum atomic E-state index is 12.3. The minimum atomic E-state index is -1.31. The summed E-state index contributed by atoms with van der Waals surface area (Å²) in [5.74, 6) is -12.6. The van der Waals surface area contributed by atoms with E-state index in [1.165, 1.54) is 73.3 Å². The van der Waals surface area contributed by atoms with Crippen LogP contribution in [0.3, 0.4) is 0 Å². The third-order valence-electron chi connectivity index (χ3n) is 17.4. The number of nitrogens with one attached hydrogen (secondary N) is 12. The van der Waals surface area contributed by atoms with Crippen molar-refractivity contribution in [3.63, 3.8) is 0 Å². The molecule has 8 heterocycles. The Balaban J connectivity index is 0.000000236. The van der Waals surface area contributed by atoms with Crippen molar-refractivity contribution in [2.75, 3.05) is 44.2 Å². The second-order valence-corrected chi connectivity index (χ2v) is 26.8. The van der Waals surface area contributed by atoms with Crippen LogP contribution in [0.4, 0.5) is 46.5 Å². The van der Waals surface area contributed by atoms with Gasteiger partial charge in [-0.1, -0.05) is 0 Å². The van der Waals surface area contributed by atoms with Gasteiger partial charge in [-0.3, -0.25) is 77.5 Å². The molecule has 0 saturated carbocycles. The molecule has 8 aromatic heterocycles. The molecule has 28 N–H and O–H groups in total. The topological polar surface area (TPSA) is 853 Å². The van der Waals surface area contributed by atoms with E-state index in [9.17, 15) is 76.7 Å². The fourth-order valence-electron chi connectivity index (χ4n) is 11.0. The number of fused-ring (bicyclic) bond motifs is 4. The predicted molar refractivity (Wildman–Crippen MR) is 448 cm³/mol. The number of rotatable bonds is 36. The van der Waals surface area contributed by atoms with Gasteiger partial charge in [0.25, 0.3) is 45.9 Å². The molecule has 0 aliphatic rings. The van der Waals surface area contributed by atoms with E-state index in [0.717, 1.165) is 0 Å². The van der Waals surface area contributed by atoms with Crippen LogP contribution in [-0.2, 0) is 101 Å². The first-order valence-corrected chi connectivity index (χ1v) is 37.3. The average molecular weight is 1890 g/mol. The second-order valence-electron chi connectivity index (χ2n) is 26.8.